The molecule has 2 aromatic heterocycles. The summed E-state index contributed by atoms with van der Waals surface area (Å²) in [6, 6.07) is 1.19. The van der Waals surface area contributed by atoms with Gasteiger partial charge in [0, 0.05) is 25.1 Å². The molecule has 0 spiro atoms. The van der Waals surface area contributed by atoms with Crippen LogP contribution in [0.2, 0.25) is 10.0 Å². The maximum atomic E-state index is 6.17. The Morgan fingerprint density at radius 3 is 2.83 bits per heavy atom. The molecule has 0 saturated carbocycles. The fraction of sp³-hybridized carbons (Fsp3) is 0.333. The number of hydrogen-bond acceptors (Lipinski definition) is 3. The first-order chi connectivity index (χ1) is 8.63. The lowest BCUT2D eigenvalue weighted by Crippen LogP contribution is -2.19. The van der Waals surface area contributed by atoms with Gasteiger partial charge in [0.25, 0.3) is 0 Å². The van der Waals surface area contributed by atoms with E-state index in [1.807, 2.05) is 10.8 Å². The van der Waals surface area contributed by atoms with Gasteiger partial charge in [0.1, 0.15) is 11.9 Å². The van der Waals surface area contributed by atoms with E-state index in [0.29, 0.717) is 15.7 Å². The Bertz CT molecular complexity index is 539. The van der Waals surface area contributed by atoms with E-state index in [9.17, 15) is 0 Å². The highest BCUT2D eigenvalue weighted by Crippen LogP contribution is 2.26. The Kier molecular flexibility index (Phi) is 4.22. The molecule has 2 rings (SSSR count). The van der Waals surface area contributed by atoms with Crippen molar-refractivity contribution in [3.63, 3.8) is 0 Å². The van der Waals surface area contributed by atoms with Crippen molar-refractivity contribution >= 4 is 23.2 Å². The summed E-state index contributed by atoms with van der Waals surface area (Å²) in [5.74, 6) is 0.758. The molecular weight excluding hydrogens is 271 g/mol. The highest BCUT2D eigenvalue weighted by molar-refractivity contribution is 6.34. The number of halogens is 2. The lowest BCUT2D eigenvalue weighted by molar-refractivity contribution is 0.607. The molecule has 0 aliphatic carbocycles. The van der Waals surface area contributed by atoms with Gasteiger partial charge in [-0.15, -0.1) is 0 Å². The summed E-state index contributed by atoms with van der Waals surface area (Å²) in [7, 11) is 0. The predicted octanol–water partition coefficient (Wildman–Crippen LogP) is 3.04. The van der Waals surface area contributed by atoms with Crippen molar-refractivity contribution in [1.82, 2.24) is 14.5 Å². The summed E-state index contributed by atoms with van der Waals surface area (Å²) < 4.78 is 2.01. The SMILES string of the molecule is CCCn1ccnc1C(N)c1ncc(Cl)cc1Cl. The van der Waals surface area contributed by atoms with Crippen molar-refractivity contribution in [3.05, 3.63) is 46.2 Å². The number of nitrogens with zero attached hydrogens (tertiary/aromatic N) is 3. The van der Waals surface area contributed by atoms with Crippen LogP contribution < -0.4 is 5.73 Å². The molecule has 0 saturated heterocycles. The molecule has 6 heteroatoms. The summed E-state index contributed by atoms with van der Waals surface area (Å²) in [5.41, 5.74) is 6.76. The molecular formula is C12H14Cl2N4. The van der Waals surface area contributed by atoms with Gasteiger partial charge >= 0.3 is 0 Å². The molecule has 0 aromatic carbocycles. The number of aromatic nitrogens is 3. The minimum Gasteiger partial charge on any atom is -0.333 e. The molecule has 1 atom stereocenters. The molecule has 2 N–H and O–H groups in total. The van der Waals surface area contributed by atoms with Crippen molar-refractivity contribution in [1.29, 1.82) is 0 Å². The van der Waals surface area contributed by atoms with E-state index in [1.165, 1.54) is 6.20 Å². The Morgan fingerprint density at radius 1 is 1.39 bits per heavy atom. The van der Waals surface area contributed by atoms with Crippen LogP contribution in [0.25, 0.3) is 0 Å². The standard InChI is InChI=1S/C12H14Cl2N4/c1-2-4-18-5-3-16-12(18)10(15)11-9(14)6-8(13)7-17-11/h3,5-7,10H,2,4,15H2,1H3. The van der Waals surface area contributed by atoms with Crippen LogP contribution >= 0.6 is 23.2 Å². The fourth-order valence-corrected chi connectivity index (χ4v) is 2.30. The van der Waals surface area contributed by atoms with Crippen molar-refractivity contribution < 1.29 is 0 Å². The highest BCUT2D eigenvalue weighted by atomic mass is 35.5. The van der Waals surface area contributed by atoms with Gasteiger partial charge in [0.2, 0.25) is 0 Å². The number of aryl methyl sites for hydroxylation is 1. The third-order valence-corrected chi connectivity index (χ3v) is 3.13. The van der Waals surface area contributed by atoms with E-state index in [4.69, 9.17) is 28.9 Å². The van der Waals surface area contributed by atoms with Gasteiger partial charge < -0.3 is 10.3 Å². The van der Waals surface area contributed by atoms with Gasteiger partial charge in [-0.25, -0.2) is 4.98 Å². The number of nitrogens with two attached hydrogens (primary N) is 1. The van der Waals surface area contributed by atoms with Crippen molar-refractivity contribution in [2.45, 2.75) is 25.9 Å². The molecule has 0 radical (unpaired) electrons. The van der Waals surface area contributed by atoms with Crippen LogP contribution in [0.3, 0.4) is 0 Å². The first kappa shape index (κ1) is 13.3. The van der Waals surface area contributed by atoms with E-state index < -0.39 is 6.04 Å². The van der Waals surface area contributed by atoms with Crippen LogP contribution in [-0.4, -0.2) is 14.5 Å². The van der Waals surface area contributed by atoms with Crippen molar-refractivity contribution in [2.75, 3.05) is 0 Å². The highest BCUT2D eigenvalue weighted by Gasteiger charge is 2.18. The summed E-state index contributed by atoms with van der Waals surface area (Å²) in [6.45, 7) is 2.97. The largest absolute Gasteiger partial charge is 0.333 e. The van der Waals surface area contributed by atoms with E-state index >= 15 is 0 Å². The first-order valence-electron chi connectivity index (χ1n) is 5.71. The molecule has 2 heterocycles. The van der Waals surface area contributed by atoms with Gasteiger partial charge in [0.05, 0.1) is 15.7 Å². The molecule has 0 aliphatic heterocycles. The second-order valence-corrected chi connectivity index (χ2v) is 4.82. The Morgan fingerprint density at radius 2 is 2.17 bits per heavy atom. The second kappa shape index (κ2) is 5.69. The minimum atomic E-state index is -0.448. The summed E-state index contributed by atoms with van der Waals surface area (Å²) in [5, 5.41) is 0.953. The molecule has 0 bridgehead atoms. The minimum absolute atomic E-state index is 0.448. The molecule has 0 fully saturated rings. The monoisotopic (exact) mass is 284 g/mol. The molecule has 96 valence electrons. The smallest absolute Gasteiger partial charge is 0.131 e. The molecule has 18 heavy (non-hydrogen) atoms. The zero-order valence-corrected chi connectivity index (χ0v) is 11.5. The van der Waals surface area contributed by atoms with Crippen LogP contribution in [0.1, 0.15) is 30.9 Å². The lowest BCUT2D eigenvalue weighted by Gasteiger charge is -2.14. The first-order valence-corrected chi connectivity index (χ1v) is 6.46. The van der Waals surface area contributed by atoms with Crippen molar-refractivity contribution in [3.8, 4) is 0 Å². The number of pyridine rings is 1. The molecule has 0 aliphatic rings. The van der Waals surface area contributed by atoms with Crippen LogP contribution in [0, 0.1) is 0 Å². The predicted molar refractivity (Wildman–Crippen MR) is 72.8 cm³/mol. The van der Waals surface area contributed by atoms with Gasteiger partial charge in [-0.05, 0) is 12.5 Å². The lowest BCUT2D eigenvalue weighted by atomic mass is 10.2. The maximum absolute atomic E-state index is 6.17. The van der Waals surface area contributed by atoms with Gasteiger partial charge in [-0.3, -0.25) is 4.98 Å². The zero-order valence-electron chi connectivity index (χ0n) is 9.98. The molecule has 4 nitrogen and oxygen atoms in total. The summed E-state index contributed by atoms with van der Waals surface area (Å²) >= 11 is 11.9. The Labute approximate surface area is 116 Å². The van der Waals surface area contributed by atoms with Crippen LogP contribution in [0.5, 0.6) is 0 Å². The second-order valence-electron chi connectivity index (χ2n) is 3.98. The van der Waals surface area contributed by atoms with Gasteiger partial charge in [-0.2, -0.15) is 0 Å². The topological polar surface area (TPSA) is 56.7 Å². The molecule has 2 aromatic rings. The third kappa shape index (κ3) is 2.66. The van der Waals surface area contributed by atoms with Crippen LogP contribution in [0.15, 0.2) is 24.7 Å². The Hall–Kier alpha value is -1.10. The quantitative estimate of drug-likeness (QED) is 0.939. The third-order valence-electron chi connectivity index (χ3n) is 2.62. The van der Waals surface area contributed by atoms with Crippen LogP contribution in [-0.2, 0) is 6.54 Å². The van der Waals surface area contributed by atoms with E-state index in [1.54, 1.807) is 12.3 Å². The number of hydrogen-bond donors (Lipinski definition) is 1. The Balaban J connectivity index is 2.35. The fourth-order valence-electron chi connectivity index (χ4n) is 1.81. The van der Waals surface area contributed by atoms with Gasteiger partial charge in [0.15, 0.2) is 0 Å². The normalized spacial score (nSPS) is 12.7. The van der Waals surface area contributed by atoms with Crippen molar-refractivity contribution in [2.24, 2.45) is 5.73 Å². The number of rotatable bonds is 4. The van der Waals surface area contributed by atoms with E-state index in [0.717, 1.165) is 18.8 Å². The average molecular weight is 285 g/mol. The summed E-state index contributed by atoms with van der Waals surface area (Å²) in [6.07, 6.45) is 6.19. The molecule has 1 unspecified atom stereocenters. The summed E-state index contributed by atoms with van der Waals surface area (Å²) in [4.78, 5) is 8.47. The van der Waals surface area contributed by atoms with E-state index in [-0.39, 0.29) is 0 Å². The molecule has 0 amide bonds. The zero-order chi connectivity index (χ0) is 13.1. The number of imidazole rings is 1. The van der Waals surface area contributed by atoms with Crippen LogP contribution in [0.4, 0.5) is 0 Å². The van der Waals surface area contributed by atoms with Gasteiger partial charge in [-0.1, -0.05) is 30.1 Å². The average Bonchev–Trinajstić information content (AvgIpc) is 2.77. The maximum Gasteiger partial charge on any atom is 0.131 e. The van der Waals surface area contributed by atoms with E-state index in [2.05, 4.69) is 16.9 Å².